The highest BCUT2D eigenvalue weighted by atomic mass is 35.5. The minimum atomic E-state index is -1.71. The lowest BCUT2D eigenvalue weighted by atomic mass is 9.82. The van der Waals surface area contributed by atoms with Crippen molar-refractivity contribution in [3.05, 3.63) is 64.8 Å². The molecule has 150 valence electrons. The topological polar surface area (TPSA) is 96.5 Å². The van der Waals surface area contributed by atoms with E-state index in [1.165, 1.54) is 0 Å². The summed E-state index contributed by atoms with van der Waals surface area (Å²) in [5, 5.41) is 10.3. The normalized spacial score (nSPS) is 11.4. The molecule has 0 aliphatic heterocycles. The number of ether oxygens (including phenoxy) is 1. The lowest BCUT2D eigenvalue weighted by Crippen LogP contribution is -2.41. The predicted molar refractivity (Wildman–Crippen MR) is 109 cm³/mol. The van der Waals surface area contributed by atoms with E-state index in [4.69, 9.17) is 16.3 Å². The zero-order valence-electron chi connectivity index (χ0n) is 16.0. The Hall–Kier alpha value is -3.12. The Labute approximate surface area is 172 Å². The Balaban J connectivity index is 2.17. The summed E-state index contributed by atoms with van der Waals surface area (Å²) >= 11 is 6.32. The molecule has 6 nitrogen and oxygen atoms in total. The van der Waals surface area contributed by atoms with Gasteiger partial charge >= 0.3 is 11.9 Å². The molecule has 0 unspecified atom stereocenters. The van der Waals surface area contributed by atoms with Crippen LogP contribution in [-0.4, -0.2) is 27.8 Å². The van der Waals surface area contributed by atoms with E-state index in [0.717, 1.165) is 0 Å². The molecule has 3 aromatic rings. The van der Waals surface area contributed by atoms with Crippen LogP contribution in [-0.2, 0) is 9.59 Å². The number of aromatic nitrogens is 1. The molecule has 7 heteroatoms. The van der Waals surface area contributed by atoms with Gasteiger partial charge in [-0.25, -0.2) is 0 Å². The van der Waals surface area contributed by atoms with Crippen LogP contribution >= 0.6 is 11.6 Å². The fourth-order valence-corrected chi connectivity index (χ4v) is 3.55. The van der Waals surface area contributed by atoms with Gasteiger partial charge in [0.2, 0.25) is 5.78 Å². The summed E-state index contributed by atoms with van der Waals surface area (Å²) < 4.78 is 5.57. The van der Waals surface area contributed by atoms with Crippen LogP contribution in [0.25, 0.3) is 10.9 Å². The Morgan fingerprint density at radius 2 is 1.69 bits per heavy atom. The zero-order valence-corrected chi connectivity index (χ0v) is 16.7. The van der Waals surface area contributed by atoms with E-state index in [1.807, 2.05) is 0 Å². The molecule has 2 N–H and O–H groups in total. The van der Waals surface area contributed by atoms with E-state index in [2.05, 4.69) is 4.98 Å². The summed E-state index contributed by atoms with van der Waals surface area (Å²) in [6.07, 6.45) is 0.103. The van der Waals surface area contributed by atoms with E-state index < -0.39 is 23.1 Å². The monoisotopic (exact) mass is 413 g/mol. The molecule has 0 aliphatic rings. The van der Waals surface area contributed by atoms with Crippen LogP contribution in [0.15, 0.2) is 48.5 Å². The average Bonchev–Trinajstić information content (AvgIpc) is 3.09. The molecule has 0 saturated heterocycles. The average molecular weight is 414 g/mol. The summed E-state index contributed by atoms with van der Waals surface area (Å²) in [5.41, 5.74) is -0.770. The Morgan fingerprint density at radius 3 is 2.28 bits per heavy atom. The molecule has 0 spiro atoms. The number of aliphatic carboxylic acids is 1. The molecule has 0 amide bonds. The summed E-state index contributed by atoms with van der Waals surface area (Å²) in [6.45, 7) is 3.22. The number of carbonyl (C=O) groups is 3. The first kappa shape index (κ1) is 20.6. The maximum atomic E-state index is 13.1. The number of benzene rings is 2. The standard InChI is InChI=1S/C22H20ClNO5/c1-3-22(4-2,20(26)27)21(28)29-19-16-14(23)11-8-12-15(16)24-17(19)18(25)13-9-6-5-7-10-13/h5-12,24H,3-4H2,1-2H3,(H,26,27). The van der Waals surface area contributed by atoms with Gasteiger partial charge < -0.3 is 14.8 Å². The number of H-pyrrole nitrogens is 1. The van der Waals surface area contributed by atoms with Gasteiger partial charge in [0.25, 0.3) is 0 Å². The number of esters is 1. The van der Waals surface area contributed by atoms with Crippen molar-refractivity contribution < 1.29 is 24.2 Å². The van der Waals surface area contributed by atoms with Crippen molar-refractivity contribution in [2.75, 3.05) is 0 Å². The van der Waals surface area contributed by atoms with Crippen LogP contribution in [0.3, 0.4) is 0 Å². The maximum absolute atomic E-state index is 13.1. The number of hydrogen-bond donors (Lipinski definition) is 2. The second kappa shape index (κ2) is 8.09. The molecule has 0 saturated carbocycles. The van der Waals surface area contributed by atoms with Crippen molar-refractivity contribution in [2.45, 2.75) is 26.7 Å². The van der Waals surface area contributed by atoms with E-state index in [9.17, 15) is 19.5 Å². The fourth-order valence-electron chi connectivity index (χ4n) is 3.29. The van der Waals surface area contributed by atoms with Crippen molar-refractivity contribution in [2.24, 2.45) is 5.41 Å². The smallest absolute Gasteiger partial charge is 0.328 e. The van der Waals surface area contributed by atoms with Crippen molar-refractivity contribution in [1.29, 1.82) is 0 Å². The lowest BCUT2D eigenvalue weighted by molar-refractivity contribution is -0.163. The summed E-state index contributed by atoms with van der Waals surface area (Å²) in [4.78, 5) is 40.8. The summed E-state index contributed by atoms with van der Waals surface area (Å²) in [5.74, 6) is -2.65. The van der Waals surface area contributed by atoms with E-state index in [-0.39, 0.29) is 29.3 Å². The highest BCUT2D eigenvalue weighted by Crippen LogP contribution is 2.39. The minimum Gasteiger partial charge on any atom is -0.480 e. The van der Waals surface area contributed by atoms with Gasteiger partial charge in [-0.2, -0.15) is 0 Å². The number of carboxylic acid groups (broad SMARTS) is 1. The van der Waals surface area contributed by atoms with Crippen LogP contribution in [0.1, 0.15) is 42.7 Å². The molecule has 1 heterocycles. The van der Waals surface area contributed by atoms with Gasteiger partial charge in [0, 0.05) is 5.56 Å². The number of rotatable bonds is 7. The highest BCUT2D eigenvalue weighted by Gasteiger charge is 2.45. The molecule has 0 bridgehead atoms. The molecule has 0 fully saturated rings. The number of ketones is 1. The summed E-state index contributed by atoms with van der Waals surface area (Å²) in [6, 6.07) is 13.5. The lowest BCUT2D eigenvalue weighted by Gasteiger charge is -2.24. The van der Waals surface area contributed by atoms with Gasteiger partial charge in [-0.15, -0.1) is 0 Å². The van der Waals surface area contributed by atoms with Crippen LogP contribution in [0.2, 0.25) is 5.02 Å². The van der Waals surface area contributed by atoms with Crippen molar-refractivity contribution in [1.82, 2.24) is 4.98 Å². The number of nitrogens with one attached hydrogen (secondary N) is 1. The molecule has 3 rings (SSSR count). The quantitative estimate of drug-likeness (QED) is 0.328. The Morgan fingerprint density at radius 1 is 1.03 bits per heavy atom. The second-order valence-corrected chi connectivity index (χ2v) is 7.08. The maximum Gasteiger partial charge on any atom is 0.328 e. The molecule has 29 heavy (non-hydrogen) atoms. The number of hydrogen-bond acceptors (Lipinski definition) is 4. The van der Waals surface area contributed by atoms with Gasteiger partial charge in [-0.1, -0.05) is 61.8 Å². The first-order valence-corrected chi connectivity index (χ1v) is 9.59. The minimum absolute atomic E-state index is 0.0409. The van der Waals surface area contributed by atoms with Crippen LogP contribution < -0.4 is 4.74 Å². The first-order valence-electron chi connectivity index (χ1n) is 9.21. The van der Waals surface area contributed by atoms with Crippen LogP contribution in [0.5, 0.6) is 5.75 Å². The summed E-state index contributed by atoms with van der Waals surface area (Å²) in [7, 11) is 0. The number of halogens is 1. The third-order valence-electron chi connectivity index (χ3n) is 5.19. The first-order chi connectivity index (χ1) is 13.9. The van der Waals surface area contributed by atoms with E-state index in [1.54, 1.807) is 62.4 Å². The van der Waals surface area contributed by atoms with Gasteiger partial charge in [-0.3, -0.25) is 14.4 Å². The van der Waals surface area contributed by atoms with E-state index >= 15 is 0 Å². The van der Waals surface area contributed by atoms with Gasteiger partial charge in [-0.05, 0) is 25.0 Å². The van der Waals surface area contributed by atoms with Crippen molar-refractivity contribution >= 4 is 40.2 Å². The third-order valence-corrected chi connectivity index (χ3v) is 5.51. The van der Waals surface area contributed by atoms with Crippen molar-refractivity contribution in [3.8, 4) is 5.75 Å². The third kappa shape index (κ3) is 3.51. The van der Waals surface area contributed by atoms with E-state index in [0.29, 0.717) is 16.5 Å². The number of fused-ring (bicyclic) bond motifs is 1. The Bertz CT molecular complexity index is 1080. The van der Waals surface area contributed by atoms with Crippen molar-refractivity contribution in [3.63, 3.8) is 0 Å². The molecule has 0 radical (unpaired) electrons. The SMILES string of the molecule is CCC(CC)(C(=O)O)C(=O)Oc1c(C(=O)c2ccccc2)[nH]c2cccc(Cl)c12. The Kier molecular flexibility index (Phi) is 5.75. The second-order valence-electron chi connectivity index (χ2n) is 6.67. The van der Waals surface area contributed by atoms with Crippen LogP contribution in [0, 0.1) is 5.41 Å². The molecule has 0 aliphatic carbocycles. The van der Waals surface area contributed by atoms with Gasteiger partial charge in [0.1, 0.15) is 5.69 Å². The van der Waals surface area contributed by atoms with Gasteiger partial charge in [0.05, 0.1) is 15.9 Å². The molecule has 1 aromatic heterocycles. The predicted octanol–water partition coefficient (Wildman–Crippen LogP) is 4.85. The molecule has 2 aromatic carbocycles. The highest BCUT2D eigenvalue weighted by molar-refractivity contribution is 6.36. The van der Waals surface area contributed by atoms with Gasteiger partial charge in [0.15, 0.2) is 11.2 Å². The number of aromatic amines is 1. The molecule has 0 atom stereocenters. The van der Waals surface area contributed by atoms with Crippen LogP contribution in [0.4, 0.5) is 0 Å². The number of carboxylic acids is 1. The number of carbonyl (C=O) groups excluding carboxylic acids is 2. The molecular formula is C22H20ClNO5. The molecular weight excluding hydrogens is 394 g/mol. The largest absolute Gasteiger partial charge is 0.480 e. The zero-order chi connectivity index (χ0) is 21.2. The fraction of sp³-hybridized carbons (Fsp3) is 0.227.